The first-order valence-corrected chi connectivity index (χ1v) is 6.26. The van der Waals surface area contributed by atoms with Crippen molar-refractivity contribution >= 4 is 11.6 Å². The van der Waals surface area contributed by atoms with Crippen LogP contribution in [0.25, 0.3) is 0 Å². The van der Waals surface area contributed by atoms with Crippen LogP contribution in [0, 0.1) is 5.82 Å². The number of nitrogens with two attached hydrogens (primary N) is 1. The number of rotatable bonds is 4. The maximum atomic E-state index is 13.1. The molecule has 2 N–H and O–H groups in total. The molecule has 2 nitrogen and oxygen atoms in total. The fourth-order valence-corrected chi connectivity index (χ4v) is 2.12. The van der Waals surface area contributed by atoms with Gasteiger partial charge in [0.05, 0.1) is 0 Å². The van der Waals surface area contributed by atoms with Gasteiger partial charge in [-0.1, -0.05) is 11.6 Å². The van der Waals surface area contributed by atoms with Gasteiger partial charge in [-0.2, -0.15) is 0 Å². The summed E-state index contributed by atoms with van der Waals surface area (Å²) in [5.41, 5.74) is 7.71. The second-order valence-corrected chi connectivity index (χ2v) is 5.02. The van der Waals surface area contributed by atoms with E-state index < -0.39 is 0 Å². The molecule has 0 fully saturated rings. The van der Waals surface area contributed by atoms with Gasteiger partial charge in [0.15, 0.2) is 0 Å². The molecule has 1 heterocycles. The summed E-state index contributed by atoms with van der Waals surface area (Å²) in [6.45, 7) is 2.54. The summed E-state index contributed by atoms with van der Waals surface area (Å²) in [5, 5.41) is 0.582. The molecule has 0 amide bonds. The molecule has 1 aromatic heterocycles. The topological polar surface area (TPSA) is 30.9 Å². The van der Waals surface area contributed by atoms with Gasteiger partial charge in [0.25, 0.3) is 0 Å². The number of aromatic nitrogens is 1. The average molecular weight is 267 g/mol. The molecule has 0 bridgehead atoms. The van der Waals surface area contributed by atoms with E-state index in [1.54, 1.807) is 6.07 Å². The predicted molar refractivity (Wildman–Crippen MR) is 72.3 cm³/mol. The Hall–Kier alpha value is -1.32. The van der Waals surface area contributed by atoms with Crippen molar-refractivity contribution < 1.29 is 4.39 Å². The normalized spacial score (nSPS) is 12.7. The second kappa shape index (κ2) is 5.55. The molecule has 96 valence electrons. The Morgan fingerprint density at radius 3 is 2.89 bits per heavy atom. The first-order valence-electron chi connectivity index (χ1n) is 5.89. The number of hydrogen-bond acceptors (Lipinski definition) is 1. The van der Waals surface area contributed by atoms with Crippen molar-refractivity contribution in [2.45, 2.75) is 25.9 Å². The molecular weight excluding hydrogens is 251 g/mol. The summed E-state index contributed by atoms with van der Waals surface area (Å²) < 4.78 is 15.1. The average Bonchev–Trinajstić information content (AvgIpc) is 2.70. The van der Waals surface area contributed by atoms with E-state index in [9.17, 15) is 4.39 Å². The third kappa shape index (κ3) is 3.34. The zero-order chi connectivity index (χ0) is 13.1. The number of benzene rings is 1. The molecule has 0 aliphatic heterocycles. The van der Waals surface area contributed by atoms with Crippen LogP contribution in [-0.2, 0) is 13.0 Å². The largest absolute Gasteiger partial charge is 0.350 e. The Labute approximate surface area is 111 Å². The summed E-state index contributed by atoms with van der Waals surface area (Å²) in [5.74, 6) is -0.266. The van der Waals surface area contributed by atoms with E-state index in [0.29, 0.717) is 11.6 Å². The quantitative estimate of drug-likeness (QED) is 0.905. The van der Waals surface area contributed by atoms with E-state index in [4.69, 9.17) is 17.3 Å². The van der Waals surface area contributed by atoms with Gasteiger partial charge in [-0.25, -0.2) is 4.39 Å². The molecular formula is C14H16ClFN2. The maximum Gasteiger partial charge on any atom is 0.123 e. The first kappa shape index (κ1) is 13.1. The standard InChI is InChI=1S/C14H16ClFN2/c1-10(17)6-11-4-5-18(8-11)9-12-7-13(16)2-3-14(12)15/h2-5,7-8,10H,6,9,17H2,1H3. The van der Waals surface area contributed by atoms with Crippen molar-refractivity contribution in [1.29, 1.82) is 0 Å². The predicted octanol–water partition coefficient (Wildman–Crippen LogP) is 3.22. The lowest BCUT2D eigenvalue weighted by Gasteiger charge is -2.06. The van der Waals surface area contributed by atoms with Crippen molar-refractivity contribution in [3.05, 3.63) is 58.6 Å². The highest BCUT2D eigenvalue weighted by Crippen LogP contribution is 2.18. The van der Waals surface area contributed by atoms with Crippen LogP contribution >= 0.6 is 11.6 Å². The Morgan fingerprint density at radius 2 is 2.17 bits per heavy atom. The molecule has 1 atom stereocenters. The van der Waals surface area contributed by atoms with Gasteiger partial charge in [0.2, 0.25) is 0 Å². The van der Waals surface area contributed by atoms with E-state index in [1.807, 2.05) is 30.0 Å². The number of nitrogens with zero attached hydrogens (tertiary/aromatic N) is 1. The lowest BCUT2D eigenvalue weighted by atomic mass is 10.1. The summed E-state index contributed by atoms with van der Waals surface area (Å²) in [6, 6.07) is 6.57. The molecule has 0 radical (unpaired) electrons. The van der Waals surface area contributed by atoms with E-state index in [-0.39, 0.29) is 11.9 Å². The van der Waals surface area contributed by atoms with Crippen LogP contribution in [0.1, 0.15) is 18.1 Å². The zero-order valence-electron chi connectivity index (χ0n) is 10.2. The summed E-state index contributed by atoms with van der Waals surface area (Å²) in [4.78, 5) is 0. The third-order valence-electron chi connectivity index (χ3n) is 2.73. The maximum absolute atomic E-state index is 13.1. The lowest BCUT2D eigenvalue weighted by Crippen LogP contribution is -2.17. The Kier molecular flexibility index (Phi) is 4.04. The Balaban J connectivity index is 2.13. The van der Waals surface area contributed by atoms with E-state index in [2.05, 4.69) is 0 Å². The van der Waals surface area contributed by atoms with Crippen molar-refractivity contribution in [3.63, 3.8) is 0 Å². The molecule has 2 rings (SSSR count). The smallest absolute Gasteiger partial charge is 0.123 e. The fourth-order valence-electron chi connectivity index (χ4n) is 1.94. The van der Waals surface area contributed by atoms with Gasteiger partial charge >= 0.3 is 0 Å². The van der Waals surface area contributed by atoms with Crippen LogP contribution in [0.3, 0.4) is 0 Å². The van der Waals surface area contributed by atoms with Crippen LogP contribution in [0.4, 0.5) is 4.39 Å². The molecule has 1 unspecified atom stereocenters. The molecule has 0 saturated heterocycles. The summed E-state index contributed by atoms with van der Waals surface area (Å²) in [6.07, 6.45) is 4.81. The summed E-state index contributed by atoms with van der Waals surface area (Å²) in [7, 11) is 0. The number of hydrogen-bond donors (Lipinski definition) is 1. The van der Waals surface area contributed by atoms with Crippen LogP contribution in [0.15, 0.2) is 36.7 Å². The lowest BCUT2D eigenvalue weighted by molar-refractivity contribution is 0.623. The van der Waals surface area contributed by atoms with Gasteiger partial charge in [-0.05, 0) is 48.7 Å². The van der Waals surface area contributed by atoms with Crippen LogP contribution in [0.5, 0.6) is 0 Å². The highest BCUT2D eigenvalue weighted by Gasteiger charge is 2.05. The monoisotopic (exact) mass is 266 g/mol. The molecule has 4 heteroatoms. The molecule has 0 aliphatic rings. The van der Waals surface area contributed by atoms with E-state index in [1.165, 1.54) is 17.7 Å². The van der Waals surface area contributed by atoms with Crippen molar-refractivity contribution in [3.8, 4) is 0 Å². The van der Waals surface area contributed by atoms with Crippen LogP contribution < -0.4 is 5.73 Å². The first-order chi connectivity index (χ1) is 8.54. The fraction of sp³-hybridized carbons (Fsp3) is 0.286. The van der Waals surface area contributed by atoms with Gasteiger partial charge in [0.1, 0.15) is 5.82 Å². The highest BCUT2D eigenvalue weighted by molar-refractivity contribution is 6.31. The van der Waals surface area contributed by atoms with Gasteiger partial charge in [0, 0.05) is 30.0 Å². The Morgan fingerprint density at radius 1 is 1.39 bits per heavy atom. The SMILES string of the molecule is CC(N)Cc1ccn(Cc2cc(F)ccc2Cl)c1. The minimum atomic E-state index is -0.266. The van der Waals surface area contributed by atoms with Crippen molar-refractivity contribution in [2.24, 2.45) is 5.73 Å². The minimum absolute atomic E-state index is 0.138. The Bertz CT molecular complexity index is 534. The van der Waals surface area contributed by atoms with Crippen LogP contribution in [0.2, 0.25) is 5.02 Å². The minimum Gasteiger partial charge on any atom is -0.350 e. The molecule has 2 aromatic rings. The molecule has 0 saturated carbocycles. The summed E-state index contributed by atoms with van der Waals surface area (Å²) >= 11 is 6.04. The second-order valence-electron chi connectivity index (χ2n) is 4.61. The van der Waals surface area contributed by atoms with Gasteiger partial charge in [-0.3, -0.25) is 0 Å². The van der Waals surface area contributed by atoms with E-state index >= 15 is 0 Å². The molecule has 0 spiro atoms. The van der Waals surface area contributed by atoms with Crippen molar-refractivity contribution in [2.75, 3.05) is 0 Å². The van der Waals surface area contributed by atoms with Gasteiger partial charge < -0.3 is 10.3 Å². The zero-order valence-corrected chi connectivity index (χ0v) is 11.0. The molecule has 1 aromatic carbocycles. The van der Waals surface area contributed by atoms with Gasteiger partial charge in [-0.15, -0.1) is 0 Å². The molecule has 18 heavy (non-hydrogen) atoms. The molecule has 0 aliphatic carbocycles. The third-order valence-corrected chi connectivity index (χ3v) is 3.10. The van der Waals surface area contributed by atoms with Crippen molar-refractivity contribution in [1.82, 2.24) is 4.57 Å². The van der Waals surface area contributed by atoms with Crippen LogP contribution in [-0.4, -0.2) is 10.6 Å². The van der Waals surface area contributed by atoms with E-state index in [0.717, 1.165) is 12.0 Å². The highest BCUT2D eigenvalue weighted by atomic mass is 35.5. The number of halogens is 2.